The minimum atomic E-state index is -0.968. The van der Waals surface area contributed by atoms with Gasteiger partial charge in [0, 0.05) is 28.9 Å². The third kappa shape index (κ3) is 3.59. The van der Waals surface area contributed by atoms with Gasteiger partial charge in [-0.2, -0.15) is 5.10 Å². The molecule has 0 saturated carbocycles. The van der Waals surface area contributed by atoms with Gasteiger partial charge in [0.1, 0.15) is 12.2 Å². The average Bonchev–Trinajstić information content (AvgIpc) is 2.32. The molecule has 0 saturated heterocycles. The Kier molecular flexibility index (Phi) is 5.38. The fourth-order valence-corrected chi connectivity index (χ4v) is 1.70. The maximum absolute atomic E-state index is 11.9. The summed E-state index contributed by atoms with van der Waals surface area (Å²) in [5.74, 6) is 2.34. The summed E-state index contributed by atoms with van der Waals surface area (Å²) in [4.78, 5) is 11.9. The van der Waals surface area contributed by atoms with Crippen LogP contribution in [0.1, 0.15) is 6.92 Å². The van der Waals surface area contributed by atoms with Gasteiger partial charge in [-0.25, -0.2) is 4.68 Å². The summed E-state index contributed by atoms with van der Waals surface area (Å²) in [6, 6.07) is 0. The van der Waals surface area contributed by atoms with Crippen LogP contribution in [0.5, 0.6) is 0 Å². The van der Waals surface area contributed by atoms with Crippen molar-refractivity contribution in [2.45, 2.75) is 18.7 Å². The lowest BCUT2D eigenvalue weighted by Gasteiger charge is -2.12. The van der Waals surface area contributed by atoms with E-state index in [0.29, 0.717) is 6.54 Å². The molecule has 2 atom stereocenters. The second-order valence-corrected chi connectivity index (χ2v) is 5.93. The molecular formula is C11H14ClN3O2S. The molecule has 0 aromatic carbocycles. The van der Waals surface area contributed by atoms with Crippen LogP contribution >= 0.6 is 11.6 Å². The molecule has 0 aliphatic rings. The predicted octanol–water partition coefficient (Wildman–Crippen LogP) is 0.709. The Morgan fingerprint density at radius 3 is 2.94 bits per heavy atom. The van der Waals surface area contributed by atoms with E-state index in [2.05, 4.69) is 16.3 Å². The number of hydrogen-bond donors (Lipinski definition) is 1. The Balaban J connectivity index is 2.95. The Morgan fingerprint density at radius 1 is 1.72 bits per heavy atom. The third-order valence-electron chi connectivity index (χ3n) is 2.37. The van der Waals surface area contributed by atoms with Crippen molar-refractivity contribution in [3.8, 4) is 12.3 Å². The minimum Gasteiger partial charge on any atom is -0.378 e. The van der Waals surface area contributed by atoms with Crippen molar-refractivity contribution in [3.63, 3.8) is 0 Å². The van der Waals surface area contributed by atoms with Gasteiger partial charge in [0.25, 0.3) is 5.56 Å². The van der Waals surface area contributed by atoms with E-state index in [1.807, 2.05) is 6.92 Å². The number of halogens is 1. The molecule has 1 heterocycles. The van der Waals surface area contributed by atoms with E-state index in [-0.39, 0.29) is 28.1 Å². The molecule has 0 spiro atoms. The fourth-order valence-electron chi connectivity index (χ4n) is 1.19. The van der Waals surface area contributed by atoms with Gasteiger partial charge >= 0.3 is 0 Å². The van der Waals surface area contributed by atoms with E-state index in [1.165, 1.54) is 6.20 Å². The van der Waals surface area contributed by atoms with E-state index in [9.17, 15) is 9.00 Å². The molecule has 0 amide bonds. The van der Waals surface area contributed by atoms with Crippen LogP contribution in [0.2, 0.25) is 5.02 Å². The molecule has 18 heavy (non-hydrogen) atoms. The lowest BCUT2D eigenvalue weighted by Crippen LogP contribution is -2.29. The molecule has 98 valence electrons. The highest BCUT2D eigenvalue weighted by Crippen LogP contribution is 2.15. The molecule has 1 aromatic heterocycles. The zero-order chi connectivity index (χ0) is 13.7. The molecule has 1 aromatic rings. The zero-order valence-corrected chi connectivity index (χ0v) is 11.7. The maximum atomic E-state index is 11.9. The van der Waals surface area contributed by atoms with Gasteiger partial charge in [0.2, 0.25) is 0 Å². The van der Waals surface area contributed by atoms with Crippen molar-refractivity contribution >= 4 is 28.1 Å². The number of terminal acetylenes is 1. The number of hydrogen-bond acceptors (Lipinski definition) is 4. The first kappa shape index (κ1) is 14.7. The molecule has 1 N–H and O–H groups in total. The molecule has 7 heteroatoms. The summed E-state index contributed by atoms with van der Waals surface area (Å²) >= 11 is 5.90. The molecule has 0 aliphatic heterocycles. The molecule has 5 nitrogen and oxygen atoms in total. The van der Waals surface area contributed by atoms with Crippen molar-refractivity contribution in [2.75, 3.05) is 18.1 Å². The highest BCUT2D eigenvalue weighted by molar-refractivity contribution is 7.84. The maximum Gasteiger partial charge on any atom is 0.292 e. The summed E-state index contributed by atoms with van der Waals surface area (Å²) in [6.45, 7) is 2.29. The summed E-state index contributed by atoms with van der Waals surface area (Å²) < 4.78 is 12.4. The van der Waals surface area contributed by atoms with Crippen LogP contribution in [0.25, 0.3) is 0 Å². The van der Waals surface area contributed by atoms with Gasteiger partial charge in [0.05, 0.1) is 11.2 Å². The first-order valence-electron chi connectivity index (χ1n) is 5.22. The topological polar surface area (TPSA) is 64.0 Å². The number of nitrogens with zero attached hydrogens (tertiary/aromatic N) is 2. The average molecular weight is 288 g/mol. The number of aromatic nitrogens is 2. The number of anilines is 1. The highest BCUT2D eigenvalue weighted by atomic mass is 35.5. The Hall–Kier alpha value is -1.32. The van der Waals surface area contributed by atoms with Gasteiger partial charge in [-0.05, 0) is 6.92 Å². The number of rotatable bonds is 5. The molecule has 0 fully saturated rings. The van der Waals surface area contributed by atoms with Crippen LogP contribution in [0, 0.1) is 12.3 Å². The quantitative estimate of drug-likeness (QED) is 0.810. The Morgan fingerprint density at radius 2 is 2.39 bits per heavy atom. The highest BCUT2D eigenvalue weighted by Gasteiger charge is 2.12. The lowest BCUT2D eigenvalue weighted by atomic mass is 10.4. The smallest absolute Gasteiger partial charge is 0.292 e. The van der Waals surface area contributed by atoms with Gasteiger partial charge in [0.15, 0.2) is 0 Å². The van der Waals surface area contributed by atoms with Gasteiger partial charge < -0.3 is 5.32 Å². The van der Waals surface area contributed by atoms with Crippen LogP contribution < -0.4 is 10.9 Å². The molecular weight excluding hydrogens is 274 g/mol. The second kappa shape index (κ2) is 6.57. The predicted molar refractivity (Wildman–Crippen MR) is 74.4 cm³/mol. The lowest BCUT2D eigenvalue weighted by molar-refractivity contribution is 0.663. The van der Waals surface area contributed by atoms with Crippen LogP contribution in [0.15, 0.2) is 11.0 Å². The first-order valence-corrected chi connectivity index (χ1v) is 7.22. The van der Waals surface area contributed by atoms with E-state index >= 15 is 0 Å². The largest absolute Gasteiger partial charge is 0.378 e. The third-order valence-corrected chi connectivity index (χ3v) is 3.96. The monoisotopic (exact) mass is 287 g/mol. The molecule has 2 unspecified atom stereocenters. The minimum absolute atomic E-state index is 0.0833. The first-order chi connectivity index (χ1) is 8.47. The second-order valence-electron chi connectivity index (χ2n) is 3.72. The van der Waals surface area contributed by atoms with Crippen molar-refractivity contribution in [2.24, 2.45) is 0 Å². The van der Waals surface area contributed by atoms with Crippen molar-refractivity contribution in [1.29, 1.82) is 0 Å². The Bertz CT molecular complexity index is 550. The summed E-state index contributed by atoms with van der Waals surface area (Å²) in [5, 5.41) is 6.85. The standard InChI is InChI=1S/C11H14ClN3O2S/c1-4-5-15-11(16)10(9(12)7-14-15)13-6-8(2)18(3)17/h1,7-8,13H,5-6H2,2-3H3. The van der Waals surface area contributed by atoms with E-state index < -0.39 is 10.8 Å². The van der Waals surface area contributed by atoms with E-state index in [0.717, 1.165) is 4.68 Å². The van der Waals surface area contributed by atoms with E-state index in [4.69, 9.17) is 18.0 Å². The molecule has 0 bridgehead atoms. The number of nitrogens with one attached hydrogen (secondary N) is 1. The van der Waals surface area contributed by atoms with Gasteiger partial charge in [-0.3, -0.25) is 9.00 Å². The normalized spacial score (nSPS) is 13.7. The van der Waals surface area contributed by atoms with Crippen LogP contribution in [-0.4, -0.2) is 32.0 Å². The van der Waals surface area contributed by atoms with Crippen molar-refractivity contribution < 1.29 is 4.21 Å². The van der Waals surface area contributed by atoms with Gasteiger partial charge in [-0.1, -0.05) is 17.5 Å². The molecule has 0 aliphatic carbocycles. The summed E-state index contributed by atoms with van der Waals surface area (Å²) in [6.07, 6.45) is 8.10. The fraction of sp³-hybridized carbons (Fsp3) is 0.455. The summed E-state index contributed by atoms with van der Waals surface area (Å²) in [7, 11) is -0.968. The van der Waals surface area contributed by atoms with Crippen LogP contribution in [0.3, 0.4) is 0 Å². The van der Waals surface area contributed by atoms with Crippen molar-refractivity contribution in [1.82, 2.24) is 9.78 Å². The molecule has 0 radical (unpaired) electrons. The van der Waals surface area contributed by atoms with Crippen molar-refractivity contribution in [3.05, 3.63) is 21.6 Å². The van der Waals surface area contributed by atoms with Crippen LogP contribution in [-0.2, 0) is 17.3 Å². The van der Waals surface area contributed by atoms with E-state index in [1.54, 1.807) is 6.26 Å². The Labute approximate surface area is 113 Å². The van der Waals surface area contributed by atoms with Gasteiger partial charge in [-0.15, -0.1) is 6.42 Å². The van der Waals surface area contributed by atoms with Crippen LogP contribution in [0.4, 0.5) is 5.69 Å². The summed E-state index contributed by atoms with van der Waals surface area (Å²) in [5.41, 5.74) is -0.145. The SMILES string of the molecule is C#CCn1ncc(Cl)c(NCC(C)S(C)=O)c1=O. The molecule has 1 rings (SSSR count). The zero-order valence-electron chi connectivity index (χ0n) is 10.1.